The molecule has 2 N–H and O–H groups in total. The summed E-state index contributed by atoms with van der Waals surface area (Å²) < 4.78 is 5.54. The highest BCUT2D eigenvalue weighted by Gasteiger charge is 2.11. The highest BCUT2D eigenvalue weighted by molar-refractivity contribution is 5.60. The molecule has 0 spiro atoms. The fourth-order valence-corrected chi connectivity index (χ4v) is 2.37. The molecule has 3 nitrogen and oxygen atoms in total. The van der Waals surface area contributed by atoms with E-state index in [1.165, 1.54) is 31.4 Å². The lowest BCUT2D eigenvalue weighted by Crippen LogP contribution is -2.23. The molecule has 0 aliphatic carbocycles. The second-order valence-electron chi connectivity index (χ2n) is 4.59. The van der Waals surface area contributed by atoms with E-state index in [0.29, 0.717) is 6.61 Å². The summed E-state index contributed by atoms with van der Waals surface area (Å²) in [5.74, 6) is 0.881. The van der Waals surface area contributed by atoms with Gasteiger partial charge < -0.3 is 15.4 Å². The van der Waals surface area contributed by atoms with Gasteiger partial charge in [-0.15, -0.1) is 0 Å². The highest BCUT2D eigenvalue weighted by atomic mass is 16.5. The fraction of sp³-hybridized carbons (Fsp3) is 0.571. The minimum atomic E-state index is 0.683. The predicted octanol–water partition coefficient (Wildman–Crippen LogP) is 3.05. The quantitative estimate of drug-likeness (QED) is 0.817. The molecule has 0 aromatic heterocycles. The van der Waals surface area contributed by atoms with Gasteiger partial charge in [0, 0.05) is 36.6 Å². The SMILES string of the molecule is CCOc1cc(N)cc(N2CCCCCC2)c1. The summed E-state index contributed by atoms with van der Waals surface area (Å²) in [6.07, 6.45) is 5.24. The lowest BCUT2D eigenvalue weighted by Gasteiger charge is -2.23. The predicted molar refractivity (Wildman–Crippen MR) is 72.7 cm³/mol. The Morgan fingerprint density at radius 2 is 1.82 bits per heavy atom. The molecule has 1 aliphatic rings. The van der Waals surface area contributed by atoms with Crippen LogP contribution in [0.2, 0.25) is 0 Å². The molecule has 94 valence electrons. The maximum atomic E-state index is 5.93. The van der Waals surface area contributed by atoms with E-state index in [2.05, 4.69) is 11.0 Å². The number of rotatable bonds is 3. The molecule has 0 radical (unpaired) electrons. The number of hydrogen-bond donors (Lipinski definition) is 1. The Kier molecular flexibility index (Phi) is 4.13. The minimum Gasteiger partial charge on any atom is -0.494 e. The van der Waals surface area contributed by atoms with Crippen molar-refractivity contribution in [1.82, 2.24) is 0 Å². The van der Waals surface area contributed by atoms with Gasteiger partial charge in [-0.1, -0.05) is 12.8 Å². The normalized spacial score (nSPS) is 16.6. The smallest absolute Gasteiger partial charge is 0.123 e. The van der Waals surface area contributed by atoms with E-state index in [4.69, 9.17) is 10.5 Å². The van der Waals surface area contributed by atoms with Crippen molar-refractivity contribution < 1.29 is 4.74 Å². The van der Waals surface area contributed by atoms with Gasteiger partial charge in [-0.25, -0.2) is 0 Å². The first-order valence-corrected chi connectivity index (χ1v) is 6.58. The van der Waals surface area contributed by atoms with Gasteiger partial charge >= 0.3 is 0 Å². The molecule has 2 rings (SSSR count). The first kappa shape index (κ1) is 12.1. The van der Waals surface area contributed by atoms with Crippen molar-refractivity contribution in [2.24, 2.45) is 0 Å². The summed E-state index contributed by atoms with van der Waals surface area (Å²) in [6.45, 7) is 4.95. The van der Waals surface area contributed by atoms with Crippen molar-refractivity contribution in [3.05, 3.63) is 18.2 Å². The van der Waals surface area contributed by atoms with Crippen LogP contribution >= 0.6 is 0 Å². The summed E-state index contributed by atoms with van der Waals surface area (Å²) in [5.41, 5.74) is 7.92. The number of nitrogens with two attached hydrogens (primary N) is 1. The Labute approximate surface area is 104 Å². The van der Waals surface area contributed by atoms with Gasteiger partial charge in [0.05, 0.1) is 6.61 Å². The van der Waals surface area contributed by atoms with Crippen LogP contribution in [0.25, 0.3) is 0 Å². The standard InChI is InChI=1S/C14H22N2O/c1-2-17-14-10-12(15)9-13(11-14)16-7-5-3-4-6-8-16/h9-11H,2-8,15H2,1H3. The minimum absolute atomic E-state index is 0.683. The maximum absolute atomic E-state index is 5.93. The van der Waals surface area contributed by atoms with Crippen molar-refractivity contribution in [1.29, 1.82) is 0 Å². The molecule has 1 heterocycles. The molecule has 0 bridgehead atoms. The van der Waals surface area contributed by atoms with E-state index in [1.807, 2.05) is 19.1 Å². The van der Waals surface area contributed by atoms with Gasteiger partial charge in [-0.05, 0) is 25.8 Å². The van der Waals surface area contributed by atoms with E-state index in [-0.39, 0.29) is 0 Å². The summed E-state index contributed by atoms with van der Waals surface area (Å²) in [7, 11) is 0. The molecule has 0 saturated carbocycles. The van der Waals surface area contributed by atoms with Crippen LogP contribution in [-0.2, 0) is 0 Å². The molecule has 3 heteroatoms. The Bertz CT molecular complexity index is 357. The molecular formula is C14H22N2O. The first-order valence-electron chi connectivity index (χ1n) is 6.58. The average molecular weight is 234 g/mol. The zero-order chi connectivity index (χ0) is 12.1. The molecule has 1 aromatic carbocycles. The summed E-state index contributed by atoms with van der Waals surface area (Å²) >= 11 is 0. The van der Waals surface area contributed by atoms with E-state index < -0.39 is 0 Å². The van der Waals surface area contributed by atoms with Crippen molar-refractivity contribution in [3.8, 4) is 5.75 Å². The molecule has 1 saturated heterocycles. The second kappa shape index (κ2) is 5.80. The third kappa shape index (κ3) is 3.29. The Morgan fingerprint density at radius 1 is 1.12 bits per heavy atom. The van der Waals surface area contributed by atoms with Gasteiger partial charge in [-0.2, -0.15) is 0 Å². The molecule has 1 fully saturated rings. The van der Waals surface area contributed by atoms with E-state index in [0.717, 1.165) is 24.5 Å². The summed E-state index contributed by atoms with van der Waals surface area (Å²) in [5, 5.41) is 0. The molecule has 0 unspecified atom stereocenters. The zero-order valence-electron chi connectivity index (χ0n) is 10.6. The number of anilines is 2. The van der Waals surface area contributed by atoms with Crippen LogP contribution in [0.1, 0.15) is 32.6 Å². The van der Waals surface area contributed by atoms with Crippen LogP contribution in [0.4, 0.5) is 11.4 Å². The summed E-state index contributed by atoms with van der Waals surface area (Å²) in [6, 6.07) is 6.05. The molecule has 1 aromatic rings. The van der Waals surface area contributed by atoms with Gasteiger partial charge in [0.1, 0.15) is 5.75 Å². The maximum Gasteiger partial charge on any atom is 0.123 e. The Balaban J connectivity index is 2.17. The third-order valence-electron chi connectivity index (χ3n) is 3.20. The van der Waals surface area contributed by atoms with Gasteiger partial charge in [0.2, 0.25) is 0 Å². The Morgan fingerprint density at radius 3 is 2.47 bits per heavy atom. The Hall–Kier alpha value is -1.38. The van der Waals surface area contributed by atoms with Crippen LogP contribution in [-0.4, -0.2) is 19.7 Å². The van der Waals surface area contributed by atoms with Crippen LogP contribution in [0.15, 0.2) is 18.2 Å². The lowest BCUT2D eigenvalue weighted by atomic mass is 10.2. The van der Waals surface area contributed by atoms with E-state index in [1.54, 1.807) is 0 Å². The lowest BCUT2D eigenvalue weighted by molar-refractivity contribution is 0.340. The van der Waals surface area contributed by atoms with Crippen molar-refractivity contribution in [2.45, 2.75) is 32.6 Å². The molecule has 0 amide bonds. The molecule has 17 heavy (non-hydrogen) atoms. The second-order valence-corrected chi connectivity index (χ2v) is 4.59. The summed E-state index contributed by atoms with van der Waals surface area (Å²) in [4.78, 5) is 2.42. The molecule has 0 atom stereocenters. The van der Waals surface area contributed by atoms with Crippen LogP contribution in [0, 0.1) is 0 Å². The number of nitrogen functional groups attached to an aromatic ring is 1. The van der Waals surface area contributed by atoms with Gasteiger partial charge in [0.15, 0.2) is 0 Å². The third-order valence-corrected chi connectivity index (χ3v) is 3.20. The van der Waals surface area contributed by atoms with E-state index >= 15 is 0 Å². The highest BCUT2D eigenvalue weighted by Crippen LogP contribution is 2.27. The zero-order valence-corrected chi connectivity index (χ0v) is 10.6. The molecule has 1 aliphatic heterocycles. The number of benzene rings is 1. The largest absolute Gasteiger partial charge is 0.494 e. The number of ether oxygens (including phenoxy) is 1. The van der Waals surface area contributed by atoms with Crippen molar-refractivity contribution in [3.63, 3.8) is 0 Å². The number of hydrogen-bond acceptors (Lipinski definition) is 3. The topological polar surface area (TPSA) is 38.5 Å². The van der Waals surface area contributed by atoms with E-state index in [9.17, 15) is 0 Å². The van der Waals surface area contributed by atoms with Crippen molar-refractivity contribution in [2.75, 3.05) is 30.3 Å². The number of nitrogens with zero attached hydrogens (tertiary/aromatic N) is 1. The monoisotopic (exact) mass is 234 g/mol. The van der Waals surface area contributed by atoms with Crippen LogP contribution in [0.3, 0.4) is 0 Å². The van der Waals surface area contributed by atoms with Crippen LogP contribution in [0.5, 0.6) is 5.75 Å². The van der Waals surface area contributed by atoms with Gasteiger partial charge in [-0.3, -0.25) is 0 Å². The van der Waals surface area contributed by atoms with Crippen LogP contribution < -0.4 is 15.4 Å². The first-order chi connectivity index (χ1) is 8.29. The average Bonchev–Trinajstić information content (AvgIpc) is 2.57. The fourth-order valence-electron chi connectivity index (χ4n) is 2.37. The van der Waals surface area contributed by atoms with Gasteiger partial charge in [0.25, 0.3) is 0 Å². The van der Waals surface area contributed by atoms with Crippen molar-refractivity contribution >= 4 is 11.4 Å². The molecular weight excluding hydrogens is 212 g/mol.